The maximum atomic E-state index is 14.4. The monoisotopic (exact) mass is 511 g/mol. The van der Waals surface area contributed by atoms with E-state index < -0.39 is 41.6 Å². The molecule has 2 amide bonds. The summed E-state index contributed by atoms with van der Waals surface area (Å²) in [5.41, 5.74) is 0.302. The molecular formula is C26H33N5O6. The molecule has 5 rings (SSSR count). The number of fused-ring (bicyclic) bond motifs is 2. The second-order valence-electron chi connectivity index (χ2n) is 9.87. The van der Waals surface area contributed by atoms with E-state index in [1.165, 1.54) is 4.90 Å². The molecule has 3 aliphatic rings. The van der Waals surface area contributed by atoms with Crippen molar-refractivity contribution in [3.63, 3.8) is 0 Å². The van der Waals surface area contributed by atoms with Crippen LogP contribution < -0.4 is 0 Å². The zero-order valence-electron chi connectivity index (χ0n) is 21.2. The maximum Gasteiger partial charge on any atom is 0.312 e. The van der Waals surface area contributed by atoms with Gasteiger partial charge in [-0.3, -0.25) is 14.4 Å². The molecule has 1 aromatic heterocycles. The Labute approximate surface area is 215 Å². The van der Waals surface area contributed by atoms with Gasteiger partial charge in [-0.1, -0.05) is 30.3 Å². The van der Waals surface area contributed by atoms with Crippen molar-refractivity contribution >= 4 is 28.8 Å². The topological polar surface area (TPSA) is 127 Å². The minimum Gasteiger partial charge on any atom is -0.466 e. The average Bonchev–Trinajstić information content (AvgIpc) is 3.64. The number of aliphatic hydroxyl groups is 1. The number of likely N-dealkylation sites (tertiary alicyclic amines) is 1. The summed E-state index contributed by atoms with van der Waals surface area (Å²) >= 11 is 0. The number of nitrogens with zero attached hydrogens (tertiary/aromatic N) is 5. The molecule has 6 atom stereocenters. The van der Waals surface area contributed by atoms with Crippen molar-refractivity contribution in [2.24, 2.45) is 11.8 Å². The lowest BCUT2D eigenvalue weighted by Crippen LogP contribution is -2.58. The van der Waals surface area contributed by atoms with Crippen molar-refractivity contribution < 1.29 is 29.0 Å². The van der Waals surface area contributed by atoms with Gasteiger partial charge >= 0.3 is 5.97 Å². The largest absolute Gasteiger partial charge is 0.466 e. The van der Waals surface area contributed by atoms with E-state index in [9.17, 15) is 19.5 Å². The molecule has 2 aromatic rings. The van der Waals surface area contributed by atoms with Crippen molar-refractivity contribution in [1.82, 2.24) is 24.8 Å². The van der Waals surface area contributed by atoms with Crippen LogP contribution in [0.15, 0.2) is 36.9 Å². The third kappa shape index (κ3) is 3.83. The number of esters is 1. The summed E-state index contributed by atoms with van der Waals surface area (Å²) in [6.45, 7) is 7.56. The molecule has 198 valence electrons. The number of hydrogen-bond donors (Lipinski definition) is 1. The molecule has 4 heterocycles. The van der Waals surface area contributed by atoms with Gasteiger partial charge in [0.1, 0.15) is 23.8 Å². The molecular weight excluding hydrogens is 478 g/mol. The van der Waals surface area contributed by atoms with Crippen molar-refractivity contribution in [1.29, 1.82) is 0 Å². The zero-order chi connectivity index (χ0) is 26.3. The van der Waals surface area contributed by atoms with Crippen LogP contribution in [0.3, 0.4) is 0 Å². The lowest BCUT2D eigenvalue weighted by molar-refractivity contribution is -0.156. The molecule has 2 unspecified atom stereocenters. The van der Waals surface area contributed by atoms with Gasteiger partial charge < -0.3 is 24.4 Å². The number of aromatic nitrogens is 3. The first-order valence-electron chi connectivity index (χ1n) is 12.9. The Balaban J connectivity index is 1.55. The Morgan fingerprint density at radius 3 is 2.86 bits per heavy atom. The minimum absolute atomic E-state index is 0.0886. The number of carbonyl (C=O) groups excluding carboxylic acids is 3. The van der Waals surface area contributed by atoms with Crippen LogP contribution in [-0.4, -0.2) is 91.2 Å². The Kier molecular flexibility index (Phi) is 6.76. The lowest BCUT2D eigenvalue weighted by Gasteiger charge is -2.39. The van der Waals surface area contributed by atoms with Gasteiger partial charge in [-0.2, -0.15) is 0 Å². The van der Waals surface area contributed by atoms with E-state index in [4.69, 9.17) is 9.47 Å². The predicted molar refractivity (Wildman–Crippen MR) is 132 cm³/mol. The fourth-order valence-electron chi connectivity index (χ4n) is 6.41. The van der Waals surface area contributed by atoms with E-state index >= 15 is 0 Å². The first-order valence-corrected chi connectivity index (χ1v) is 12.9. The smallest absolute Gasteiger partial charge is 0.312 e. The van der Waals surface area contributed by atoms with Gasteiger partial charge in [0.2, 0.25) is 11.8 Å². The number of ether oxygens (including phenoxy) is 2. The third-order valence-corrected chi connectivity index (χ3v) is 7.99. The molecule has 3 saturated heterocycles. The second-order valence-corrected chi connectivity index (χ2v) is 9.87. The zero-order valence-corrected chi connectivity index (χ0v) is 21.2. The summed E-state index contributed by atoms with van der Waals surface area (Å²) in [5.74, 6) is -2.77. The molecule has 37 heavy (non-hydrogen) atoms. The van der Waals surface area contributed by atoms with Crippen LogP contribution in [0.2, 0.25) is 0 Å². The summed E-state index contributed by atoms with van der Waals surface area (Å²) in [6.07, 6.45) is 2.59. The van der Waals surface area contributed by atoms with E-state index in [-0.39, 0.29) is 38.2 Å². The van der Waals surface area contributed by atoms with E-state index in [2.05, 4.69) is 16.9 Å². The second kappa shape index (κ2) is 9.86. The SMILES string of the molecule is C=CCN(Cn1nnc2ccccc21)C(=O)C1N([C@@H](CC)CO)C(=O)[C@@H]2[C@@H](C(=O)OCC)[C@H]3CCC12O3. The number of carbonyl (C=O) groups is 3. The summed E-state index contributed by atoms with van der Waals surface area (Å²) in [7, 11) is 0. The van der Waals surface area contributed by atoms with Crippen LogP contribution in [0.1, 0.15) is 33.1 Å². The molecule has 11 heteroatoms. The number of para-hydroxylation sites is 1. The summed E-state index contributed by atoms with van der Waals surface area (Å²) in [6, 6.07) is 5.86. The summed E-state index contributed by atoms with van der Waals surface area (Å²) in [5, 5.41) is 18.6. The van der Waals surface area contributed by atoms with E-state index in [1.807, 2.05) is 31.2 Å². The number of benzene rings is 1. The summed E-state index contributed by atoms with van der Waals surface area (Å²) < 4.78 is 13.4. The van der Waals surface area contributed by atoms with Crippen molar-refractivity contribution in [3.05, 3.63) is 36.9 Å². The van der Waals surface area contributed by atoms with E-state index in [1.54, 1.807) is 22.6 Å². The van der Waals surface area contributed by atoms with Crippen molar-refractivity contribution in [2.75, 3.05) is 19.8 Å². The van der Waals surface area contributed by atoms with Gasteiger partial charge in [0.15, 0.2) is 0 Å². The predicted octanol–water partition coefficient (Wildman–Crippen LogP) is 1.11. The normalized spacial score (nSPS) is 28.9. The first kappa shape index (κ1) is 25.3. The number of hydrogen-bond acceptors (Lipinski definition) is 8. The molecule has 0 aliphatic carbocycles. The molecule has 11 nitrogen and oxygen atoms in total. The number of amides is 2. The lowest BCUT2D eigenvalue weighted by atomic mass is 9.70. The van der Waals surface area contributed by atoms with Crippen LogP contribution in [0, 0.1) is 11.8 Å². The molecule has 2 bridgehead atoms. The Morgan fingerprint density at radius 2 is 2.16 bits per heavy atom. The van der Waals surface area contributed by atoms with Crippen LogP contribution in [0.5, 0.6) is 0 Å². The van der Waals surface area contributed by atoms with Gasteiger partial charge in [0.25, 0.3) is 0 Å². The van der Waals surface area contributed by atoms with Crippen molar-refractivity contribution in [3.8, 4) is 0 Å². The molecule has 3 fully saturated rings. The quantitative estimate of drug-likeness (QED) is 0.371. The highest BCUT2D eigenvalue weighted by Gasteiger charge is 2.75. The molecule has 3 aliphatic heterocycles. The molecule has 1 spiro atoms. The van der Waals surface area contributed by atoms with Crippen LogP contribution in [0.4, 0.5) is 0 Å². The third-order valence-electron chi connectivity index (χ3n) is 7.99. The standard InChI is InChI=1S/C26H33N5O6/c1-4-13-29(15-30-18-10-8-7-9-17(18)27-28-30)24(34)22-26-12-11-19(37-26)20(25(35)36-6-3)21(26)23(33)31(22)16(5-2)14-32/h4,7-10,16,19-22,32H,1,5-6,11-15H2,2-3H3/t16-,19+,20-,21-,22?,26?/m0/s1. The Bertz CT molecular complexity index is 1210. The van der Waals surface area contributed by atoms with Gasteiger partial charge in [0, 0.05) is 6.54 Å². The molecule has 0 saturated carbocycles. The van der Waals surface area contributed by atoms with Crippen LogP contribution in [-0.2, 0) is 30.5 Å². The molecule has 0 radical (unpaired) electrons. The number of aliphatic hydroxyl groups excluding tert-OH is 1. The van der Waals surface area contributed by atoms with E-state index in [0.29, 0.717) is 24.8 Å². The highest BCUT2D eigenvalue weighted by Crippen LogP contribution is 2.59. The minimum atomic E-state index is -1.16. The van der Waals surface area contributed by atoms with Gasteiger partial charge in [-0.25, -0.2) is 4.68 Å². The van der Waals surface area contributed by atoms with Crippen LogP contribution >= 0.6 is 0 Å². The van der Waals surface area contributed by atoms with Gasteiger partial charge in [-0.05, 0) is 38.3 Å². The summed E-state index contributed by atoms with van der Waals surface area (Å²) in [4.78, 5) is 44.3. The van der Waals surface area contributed by atoms with Gasteiger partial charge in [0.05, 0.1) is 42.7 Å². The Hall–Kier alpha value is -3.31. The van der Waals surface area contributed by atoms with E-state index in [0.717, 1.165) is 5.52 Å². The van der Waals surface area contributed by atoms with Crippen molar-refractivity contribution in [2.45, 2.75) is 63.6 Å². The number of rotatable bonds is 10. The molecule has 1 aromatic carbocycles. The highest BCUT2D eigenvalue weighted by molar-refractivity contribution is 5.98. The van der Waals surface area contributed by atoms with Crippen LogP contribution in [0.25, 0.3) is 11.0 Å². The first-order chi connectivity index (χ1) is 17.9. The fraction of sp³-hybridized carbons (Fsp3) is 0.577. The molecule has 1 N–H and O–H groups in total. The average molecular weight is 512 g/mol. The highest BCUT2D eigenvalue weighted by atomic mass is 16.6. The van der Waals surface area contributed by atoms with Gasteiger partial charge in [-0.15, -0.1) is 11.7 Å². The fourth-order valence-corrected chi connectivity index (χ4v) is 6.41. The maximum absolute atomic E-state index is 14.4. The Morgan fingerprint density at radius 1 is 1.38 bits per heavy atom.